The summed E-state index contributed by atoms with van der Waals surface area (Å²) in [4.78, 5) is 40.1. The highest BCUT2D eigenvalue weighted by atomic mass is 16.7. The molecule has 0 amide bonds. The number of esters is 2. The first-order chi connectivity index (χ1) is 16.4. The smallest absolute Gasteiger partial charge is 0.339 e. The lowest BCUT2D eigenvalue weighted by molar-refractivity contribution is -0.218. The van der Waals surface area contributed by atoms with E-state index < -0.39 is 51.4 Å². The Balaban J connectivity index is 1.53. The minimum Gasteiger partial charge on any atom is -0.472 e. The maximum Gasteiger partial charge on any atom is 0.339 e. The zero-order valence-corrected chi connectivity index (χ0v) is 21.2. The van der Waals surface area contributed by atoms with Gasteiger partial charge in [0.1, 0.15) is 22.9 Å². The molecule has 4 heterocycles. The number of ether oxygens (including phenoxy) is 4. The summed E-state index contributed by atoms with van der Waals surface area (Å²) in [7, 11) is 1.39. The maximum absolute atomic E-state index is 13.9. The van der Waals surface area contributed by atoms with Crippen LogP contribution in [0.3, 0.4) is 0 Å². The number of furan rings is 1. The van der Waals surface area contributed by atoms with Crippen molar-refractivity contribution in [3.8, 4) is 0 Å². The third-order valence-corrected chi connectivity index (χ3v) is 11.0. The molecule has 8 heteroatoms. The number of Topliss-reactive ketones (excluding diaryl/α,β-unsaturated/α-hetero) is 1. The van der Waals surface area contributed by atoms with Gasteiger partial charge >= 0.3 is 11.9 Å². The van der Waals surface area contributed by atoms with E-state index in [1.54, 1.807) is 18.6 Å². The van der Waals surface area contributed by atoms with Crippen molar-refractivity contribution >= 4 is 17.7 Å². The highest BCUT2D eigenvalue weighted by molar-refractivity contribution is 5.89. The molecule has 3 saturated heterocycles. The number of cyclic esters (lactones) is 1. The van der Waals surface area contributed by atoms with E-state index in [1.165, 1.54) is 7.11 Å². The van der Waals surface area contributed by atoms with Crippen LogP contribution in [-0.2, 0) is 33.3 Å². The van der Waals surface area contributed by atoms with Crippen molar-refractivity contribution in [3.63, 3.8) is 0 Å². The van der Waals surface area contributed by atoms with E-state index in [-0.39, 0.29) is 23.7 Å². The van der Waals surface area contributed by atoms with Crippen LogP contribution in [0.5, 0.6) is 0 Å². The van der Waals surface area contributed by atoms with Gasteiger partial charge in [0.2, 0.25) is 0 Å². The molecule has 35 heavy (non-hydrogen) atoms. The lowest BCUT2D eigenvalue weighted by Gasteiger charge is -2.62. The first-order valence-corrected chi connectivity index (χ1v) is 12.5. The first-order valence-electron chi connectivity index (χ1n) is 12.5. The summed E-state index contributed by atoms with van der Waals surface area (Å²) in [5.74, 6) is -0.947. The van der Waals surface area contributed by atoms with Crippen LogP contribution < -0.4 is 0 Å². The van der Waals surface area contributed by atoms with E-state index in [4.69, 9.17) is 23.4 Å². The summed E-state index contributed by atoms with van der Waals surface area (Å²) in [6.45, 7) is 10.6. The zero-order chi connectivity index (χ0) is 25.2. The molecule has 6 rings (SSSR count). The molecule has 3 aliphatic heterocycles. The van der Waals surface area contributed by atoms with Gasteiger partial charge in [0.15, 0.2) is 6.10 Å². The van der Waals surface area contributed by atoms with Crippen molar-refractivity contribution in [2.75, 3.05) is 13.7 Å². The van der Waals surface area contributed by atoms with E-state index >= 15 is 0 Å². The Morgan fingerprint density at radius 2 is 1.83 bits per heavy atom. The van der Waals surface area contributed by atoms with Crippen LogP contribution in [0.15, 0.2) is 23.0 Å². The molecule has 9 unspecified atom stereocenters. The zero-order valence-electron chi connectivity index (χ0n) is 21.2. The number of carbonyl (C=O) groups excluding carboxylic acids is 3. The Labute approximate surface area is 205 Å². The van der Waals surface area contributed by atoms with Crippen molar-refractivity contribution in [2.24, 2.45) is 33.5 Å². The van der Waals surface area contributed by atoms with Gasteiger partial charge in [-0.2, -0.15) is 0 Å². The molecule has 1 aromatic rings. The molecule has 2 saturated carbocycles. The normalized spacial score (nSPS) is 49.6. The SMILES string of the molecule is COC(=O)C1(C)C(C2(C)C3CC(=O)C(C)(C)C2CO3)CCC2(C)C(c3ccoc3)OC(=O)C3OC321. The average molecular weight is 487 g/mol. The first kappa shape index (κ1) is 23.2. The predicted octanol–water partition coefficient (Wildman–Crippen LogP) is 3.63. The summed E-state index contributed by atoms with van der Waals surface area (Å²) in [5, 5.41) is 0. The molecule has 5 aliphatic rings. The molecule has 1 spiro atoms. The summed E-state index contributed by atoms with van der Waals surface area (Å²) in [6.07, 6.45) is 3.08. The number of carbonyl (C=O) groups is 3. The molecule has 5 fully saturated rings. The standard InChI is InChI=1S/C27H34O8/c1-23(2)16-13-33-18(11-17(23)28)25(16,4)15-7-9-24(3)19(14-8-10-32-12-14)34-21(29)20-27(24,35-20)26(15,5)22(30)31-6/h8,10,12,15-16,18-20H,7,9,11,13H2,1-6H3. The van der Waals surface area contributed by atoms with Gasteiger partial charge in [-0.15, -0.1) is 0 Å². The van der Waals surface area contributed by atoms with E-state index in [0.717, 1.165) is 5.56 Å². The quantitative estimate of drug-likeness (QED) is 0.471. The van der Waals surface area contributed by atoms with Crippen LogP contribution >= 0.6 is 0 Å². The Morgan fingerprint density at radius 3 is 2.49 bits per heavy atom. The fourth-order valence-corrected chi connectivity index (χ4v) is 9.05. The number of hydrogen-bond acceptors (Lipinski definition) is 8. The highest BCUT2D eigenvalue weighted by Crippen LogP contribution is 2.77. The number of hydrogen-bond donors (Lipinski definition) is 0. The van der Waals surface area contributed by atoms with Crippen molar-refractivity contribution in [3.05, 3.63) is 24.2 Å². The van der Waals surface area contributed by atoms with Gasteiger partial charge < -0.3 is 23.4 Å². The summed E-state index contributed by atoms with van der Waals surface area (Å²) < 4.78 is 29.3. The van der Waals surface area contributed by atoms with Gasteiger partial charge in [-0.3, -0.25) is 9.59 Å². The molecule has 8 nitrogen and oxygen atoms in total. The molecule has 0 radical (unpaired) electrons. The highest BCUT2D eigenvalue weighted by Gasteiger charge is 2.88. The van der Waals surface area contributed by atoms with Gasteiger partial charge in [0, 0.05) is 34.1 Å². The number of ketones is 1. The molecule has 9 atom stereocenters. The van der Waals surface area contributed by atoms with Gasteiger partial charge in [-0.25, -0.2) is 4.79 Å². The van der Waals surface area contributed by atoms with Crippen LogP contribution in [0.25, 0.3) is 0 Å². The number of fused-ring (bicyclic) bond motifs is 2. The Bertz CT molecular complexity index is 1110. The fraction of sp³-hybridized carbons (Fsp3) is 0.741. The Hall–Kier alpha value is -2.19. The van der Waals surface area contributed by atoms with Gasteiger partial charge in [0.05, 0.1) is 32.3 Å². The largest absolute Gasteiger partial charge is 0.472 e. The fourth-order valence-electron chi connectivity index (χ4n) is 9.05. The maximum atomic E-state index is 13.9. The second-order valence-electron chi connectivity index (χ2n) is 12.4. The van der Waals surface area contributed by atoms with Crippen molar-refractivity contribution in [2.45, 2.75) is 77.8 Å². The number of epoxide rings is 1. The minimum absolute atomic E-state index is 0.0617. The number of methoxy groups -OCH3 is 1. The molecule has 1 aromatic heterocycles. The monoisotopic (exact) mass is 486 g/mol. The lowest BCUT2D eigenvalue weighted by atomic mass is 9.39. The molecule has 0 aromatic carbocycles. The van der Waals surface area contributed by atoms with Crippen molar-refractivity contribution in [1.29, 1.82) is 0 Å². The predicted molar refractivity (Wildman–Crippen MR) is 121 cm³/mol. The second kappa shape index (κ2) is 6.76. The van der Waals surface area contributed by atoms with Crippen molar-refractivity contribution in [1.82, 2.24) is 0 Å². The van der Waals surface area contributed by atoms with Gasteiger partial charge in [-0.1, -0.05) is 27.7 Å². The second-order valence-corrected chi connectivity index (χ2v) is 12.4. The summed E-state index contributed by atoms with van der Waals surface area (Å²) in [5.41, 5.74) is -3.23. The van der Waals surface area contributed by atoms with Crippen LogP contribution in [0.1, 0.15) is 65.5 Å². The topological polar surface area (TPSA) is 105 Å². The van der Waals surface area contributed by atoms with E-state index in [9.17, 15) is 14.4 Å². The molecule has 2 aliphatic carbocycles. The molecular formula is C27H34O8. The van der Waals surface area contributed by atoms with Crippen LogP contribution in [0.4, 0.5) is 0 Å². The molecular weight excluding hydrogens is 452 g/mol. The lowest BCUT2D eigenvalue weighted by Crippen LogP contribution is -2.70. The Kier molecular flexibility index (Phi) is 4.49. The van der Waals surface area contributed by atoms with Crippen LogP contribution in [0, 0.1) is 33.5 Å². The van der Waals surface area contributed by atoms with E-state index in [2.05, 4.69) is 13.8 Å². The van der Waals surface area contributed by atoms with Crippen LogP contribution in [0.2, 0.25) is 0 Å². The third kappa shape index (κ3) is 2.39. The molecule has 2 bridgehead atoms. The van der Waals surface area contributed by atoms with E-state index in [0.29, 0.717) is 25.9 Å². The van der Waals surface area contributed by atoms with Gasteiger partial charge in [0.25, 0.3) is 0 Å². The third-order valence-electron chi connectivity index (χ3n) is 11.0. The van der Waals surface area contributed by atoms with Crippen molar-refractivity contribution < 1.29 is 37.7 Å². The molecule has 190 valence electrons. The summed E-state index contributed by atoms with van der Waals surface area (Å²) >= 11 is 0. The number of rotatable bonds is 3. The Morgan fingerprint density at radius 1 is 1.09 bits per heavy atom. The van der Waals surface area contributed by atoms with Crippen LogP contribution in [-0.4, -0.2) is 49.2 Å². The minimum atomic E-state index is -1.16. The van der Waals surface area contributed by atoms with E-state index in [1.807, 2.05) is 20.8 Å². The molecule has 0 N–H and O–H groups in total. The average Bonchev–Trinajstić information content (AvgIpc) is 3.26. The van der Waals surface area contributed by atoms with Gasteiger partial charge in [-0.05, 0) is 31.7 Å². The summed E-state index contributed by atoms with van der Waals surface area (Å²) in [6, 6.07) is 1.80.